The van der Waals surface area contributed by atoms with E-state index in [1.54, 1.807) is 0 Å². The lowest BCUT2D eigenvalue weighted by Gasteiger charge is -2.11. The first kappa shape index (κ1) is 17.1. The van der Waals surface area contributed by atoms with E-state index in [0.29, 0.717) is 6.42 Å². The molecule has 0 spiro atoms. The van der Waals surface area contributed by atoms with E-state index >= 15 is 0 Å². The Kier molecular flexibility index (Phi) is 6.10. The zero-order chi connectivity index (χ0) is 15.3. The van der Waals surface area contributed by atoms with Gasteiger partial charge in [0, 0.05) is 5.02 Å². The molecule has 1 aromatic rings. The minimum Gasteiger partial charge on any atom is -0.478 e. The predicted molar refractivity (Wildman–Crippen MR) is 80.6 cm³/mol. The van der Waals surface area contributed by atoms with Crippen molar-refractivity contribution in [1.29, 1.82) is 0 Å². The van der Waals surface area contributed by atoms with Crippen LogP contribution in [0.3, 0.4) is 0 Å². The van der Waals surface area contributed by atoms with Crippen molar-refractivity contribution in [3.63, 3.8) is 0 Å². The van der Waals surface area contributed by atoms with Crippen molar-refractivity contribution in [2.75, 3.05) is 16.9 Å². The molecule has 0 aliphatic rings. The molecule has 0 atom stereocenters. The van der Waals surface area contributed by atoms with Crippen LogP contribution in [0.5, 0.6) is 0 Å². The van der Waals surface area contributed by atoms with Crippen LogP contribution >= 0.6 is 23.2 Å². The highest BCUT2D eigenvalue weighted by atomic mass is 35.5. The van der Waals surface area contributed by atoms with Crippen molar-refractivity contribution >= 4 is 44.7 Å². The summed E-state index contributed by atoms with van der Waals surface area (Å²) in [4.78, 5) is 11.0. The molecule has 0 heterocycles. The number of carbonyl (C=O) groups is 1. The summed E-state index contributed by atoms with van der Waals surface area (Å²) in [5.74, 6) is -1.47. The smallest absolute Gasteiger partial charge is 0.337 e. The SMILES string of the molecule is CCCCS(=O)(=O)CNc1cc(Cl)cc(C(=O)O)c1Cl. The summed E-state index contributed by atoms with van der Waals surface area (Å²) in [6.07, 6.45) is 1.36. The third-order valence-electron chi connectivity index (χ3n) is 2.56. The van der Waals surface area contributed by atoms with Crippen molar-refractivity contribution in [1.82, 2.24) is 0 Å². The largest absolute Gasteiger partial charge is 0.478 e. The van der Waals surface area contributed by atoms with Gasteiger partial charge in [0.25, 0.3) is 0 Å². The summed E-state index contributed by atoms with van der Waals surface area (Å²) in [5.41, 5.74) is 0.0178. The first-order chi connectivity index (χ1) is 9.26. The lowest BCUT2D eigenvalue weighted by atomic mass is 10.2. The molecule has 8 heteroatoms. The quantitative estimate of drug-likeness (QED) is 0.796. The number of hydrogen-bond acceptors (Lipinski definition) is 4. The maximum absolute atomic E-state index is 11.7. The molecular weight excluding hydrogens is 325 g/mol. The Morgan fingerprint density at radius 1 is 1.35 bits per heavy atom. The number of nitrogens with one attached hydrogen (secondary N) is 1. The second kappa shape index (κ2) is 7.15. The molecule has 0 aromatic heterocycles. The highest BCUT2D eigenvalue weighted by Gasteiger charge is 2.16. The number of aromatic carboxylic acids is 1. The van der Waals surface area contributed by atoms with Gasteiger partial charge in [-0.3, -0.25) is 0 Å². The van der Waals surface area contributed by atoms with Crippen LogP contribution in [-0.4, -0.2) is 31.1 Å². The summed E-state index contributed by atoms with van der Waals surface area (Å²) in [6.45, 7) is 1.90. The van der Waals surface area contributed by atoms with E-state index in [0.717, 1.165) is 6.42 Å². The molecule has 0 aliphatic heterocycles. The number of benzene rings is 1. The van der Waals surface area contributed by atoms with Crippen LogP contribution in [-0.2, 0) is 9.84 Å². The normalized spacial score (nSPS) is 11.3. The third kappa shape index (κ3) is 4.85. The van der Waals surface area contributed by atoms with Gasteiger partial charge in [0.1, 0.15) is 5.88 Å². The van der Waals surface area contributed by atoms with Crippen LogP contribution < -0.4 is 5.32 Å². The average molecular weight is 340 g/mol. The molecule has 1 aromatic carbocycles. The molecule has 112 valence electrons. The summed E-state index contributed by atoms with van der Waals surface area (Å²) in [5, 5.41) is 11.7. The van der Waals surface area contributed by atoms with E-state index < -0.39 is 15.8 Å². The van der Waals surface area contributed by atoms with Gasteiger partial charge in [0.15, 0.2) is 9.84 Å². The topological polar surface area (TPSA) is 83.5 Å². The van der Waals surface area contributed by atoms with Gasteiger partial charge < -0.3 is 10.4 Å². The van der Waals surface area contributed by atoms with Crippen LogP contribution in [0.2, 0.25) is 10.0 Å². The average Bonchev–Trinajstić information content (AvgIpc) is 2.37. The van der Waals surface area contributed by atoms with E-state index in [4.69, 9.17) is 28.3 Å². The summed E-state index contributed by atoms with van der Waals surface area (Å²) in [7, 11) is -3.26. The molecule has 0 fully saturated rings. The molecule has 0 radical (unpaired) electrons. The lowest BCUT2D eigenvalue weighted by molar-refractivity contribution is 0.0697. The van der Waals surface area contributed by atoms with Crippen molar-refractivity contribution in [2.24, 2.45) is 0 Å². The number of anilines is 1. The van der Waals surface area contributed by atoms with Crippen LogP contribution in [0, 0.1) is 0 Å². The number of carboxylic acids is 1. The van der Waals surface area contributed by atoms with Gasteiger partial charge in [-0.15, -0.1) is 0 Å². The molecule has 5 nitrogen and oxygen atoms in total. The van der Waals surface area contributed by atoms with E-state index in [9.17, 15) is 13.2 Å². The highest BCUT2D eigenvalue weighted by molar-refractivity contribution is 7.91. The summed E-state index contributed by atoms with van der Waals surface area (Å²) >= 11 is 11.7. The fourth-order valence-corrected chi connectivity index (χ4v) is 3.22. The Bertz CT molecular complexity index is 602. The van der Waals surface area contributed by atoms with E-state index in [-0.39, 0.29) is 32.9 Å². The number of halogens is 2. The Hall–Kier alpha value is -0.980. The van der Waals surface area contributed by atoms with Crippen molar-refractivity contribution in [3.8, 4) is 0 Å². The van der Waals surface area contributed by atoms with Gasteiger partial charge in [0.05, 0.1) is 22.0 Å². The van der Waals surface area contributed by atoms with Crippen molar-refractivity contribution in [3.05, 3.63) is 27.7 Å². The summed E-state index contributed by atoms with van der Waals surface area (Å²) < 4.78 is 23.4. The van der Waals surface area contributed by atoms with Gasteiger partial charge in [0.2, 0.25) is 0 Å². The molecule has 0 amide bonds. The second-order valence-corrected chi connectivity index (χ2v) is 7.24. The van der Waals surface area contributed by atoms with Crippen LogP contribution in [0.25, 0.3) is 0 Å². The Morgan fingerprint density at radius 2 is 2.00 bits per heavy atom. The molecule has 0 saturated heterocycles. The first-order valence-electron chi connectivity index (χ1n) is 5.93. The fraction of sp³-hybridized carbons (Fsp3) is 0.417. The van der Waals surface area contributed by atoms with Gasteiger partial charge in [-0.25, -0.2) is 13.2 Å². The first-order valence-corrected chi connectivity index (χ1v) is 8.51. The van der Waals surface area contributed by atoms with Gasteiger partial charge in [-0.05, 0) is 18.6 Å². The van der Waals surface area contributed by atoms with E-state index in [1.165, 1.54) is 12.1 Å². The third-order valence-corrected chi connectivity index (χ3v) is 4.68. The zero-order valence-corrected chi connectivity index (χ0v) is 13.1. The molecule has 1 rings (SSSR count). The molecule has 0 bridgehead atoms. The van der Waals surface area contributed by atoms with E-state index in [1.807, 2.05) is 6.92 Å². The Labute approximate surface area is 127 Å². The Balaban J connectivity index is 2.91. The van der Waals surface area contributed by atoms with Gasteiger partial charge in [-0.2, -0.15) is 0 Å². The fourth-order valence-electron chi connectivity index (χ4n) is 1.50. The molecule has 20 heavy (non-hydrogen) atoms. The van der Waals surface area contributed by atoms with Gasteiger partial charge in [-0.1, -0.05) is 36.5 Å². The zero-order valence-electron chi connectivity index (χ0n) is 10.8. The number of carboxylic acid groups (broad SMARTS) is 1. The van der Waals surface area contributed by atoms with E-state index in [2.05, 4.69) is 5.32 Å². The van der Waals surface area contributed by atoms with Crippen molar-refractivity contribution in [2.45, 2.75) is 19.8 Å². The minimum absolute atomic E-state index is 0.0624. The maximum Gasteiger partial charge on any atom is 0.337 e. The molecule has 2 N–H and O–H groups in total. The Morgan fingerprint density at radius 3 is 2.55 bits per heavy atom. The highest BCUT2D eigenvalue weighted by Crippen LogP contribution is 2.30. The maximum atomic E-state index is 11.7. The molecule has 0 saturated carbocycles. The number of hydrogen-bond donors (Lipinski definition) is 2. The van der Waals surface area contributed by atoms with Crippen LogP contribution in [0.4, 0.5) is 5.69 Å². The monoisotopic (exact) mass is 339 g/mol. The molecule has 0 unspecified atom stereocenters. The predicted octanol–water partition coefficient (Wildman–Crippen LogP) is 3.28. The van der Waals surface area contributed by atoms with Gasteiger partial charge >= 0.3 is 5.97 Å². The van der Waals surface area contributed by atoms with Crippen molar-refractivity contribution < 1.29 is 18.3 Å². The number of unbranched alkanes of at least 4 members (excludes halogenated alkanes) is 1. The molecular formula is C12H15Cl2NO4S. The number of sulfone groups is 1. The number of rotatable bonds is 7. The standard InChI is InChI=1S/C12H15Cl2NO4S/c1-2-3-4-20(18,19)7-15-10-6-8(13)5-9(11(10)14)12(16)17/h5-6,15H,2-4,7H2,1H3,(H,16,17). The molecule has 0 aliphatic carbocycles. The lowest BCUT2D eigenvalue weighted by Crippen LogP contribution is -2.18. The van der Waals surface area contributed by atoms with Crippen LogP contribution in [0.1, 0.15) is 30.1 Å². The minimum atomic E-state index is -3.26. The summed E-state index contributed by atoms with van der Waals surface area (Å²) in [6, 6.07) is 2.61. The second-order valence-electron chi connectivity index (χ2n) is 4.24. The van der Waals surface area contributed by atoms with Crippen LogP contribution in [0.15, 0.2) is 12.1 Å².